The third-order valence-electron chi connectivity index (χ3n) is 2.27. The van der Waals surface area contributed by atoms with Gasteiger partial charge in [-0.25, -0.2) is 9.78 Å². The molecule has 0 atom stereocenters. The molecule has 1 rings (SSSR count). The number of esters is 2. The number of hydrogen-bond donors (Lipinski definition) is 1. The Labute approximate surface area is 123 Å². The highest BCUT2D eigenvalue weighted by Gasteiger charge is 2.33. The summed E-state index contributed by atoms with van der Waals surface area (Å²) >= 11 is 0. The summed E-state index contributed by atoms with van der Waals surface area (Å²) in [6, 6.07) is 2.95. The van der Waals surface area contributed by atoms with Crippen molar-refractivity contribution in [3.05, 3.63) is 35.3 Å². The number of pyridine rings is 1. The van der Waals surface area contributed by atoms with Gasteiger partial charge in [0.15, 0.2) is 0 Å². The molecule has 0 spiro atoms. The third-order valence-corrected chi connectivity index (χ3v) is 2.27. The largest absolute Gasteiger partial charge is 0.460 e. The van der Waals surface area contributed by atoms with Crippen molar-refractivity contribution < 1.29 is 32.2 Å². The van der Waals surface area contributed by atoms with E-state index in [1.165, 1.54) is 6.92 Å². The fraction of sp³-hybridized carbons (Fsp3) is 0.308. The molecule has 0 bridgehead atoms. The highest BCUT2D eigenvalue weighted by molar-refractivity contribution is 5.96. The summed E-state index contributed by atoms with van der Waals surface area (Å²) in [5.41, 5.74) is 3.52. The number of nitrogens with zero attached hydrogens (tertiary/aromatic N) is 1. The fourth-order valence-electron chi connectivity index (χ4n) is 1.41. The molecule has 0 aliphatic heterocycles. The molecule has 2 N–H and O–H groups in total. The number of halogens is 3. The molecule has 6 nitrogen and oxygen atoms in total. The van der Waals surface area contributed by atoms with Crippen LogP contribution in [0.5, 0.6) is 0 Å². The van der Waals surface area contributed by atoms with Gasteiger partial charge in [-0.2, -0.15) is 13.2 Å². The van der Waals surface area contributed by atoms with Gasteiger partial charge >= 0.3 is 18.1 Å². The van der Waals surface area contributed by atoms with Crippen LogP contribution in [-0.4, -0.2) is 23.5 Å². The molecule has 0 aromatic carbocycles. The molecular formula is C13H13F3N2O4. The first-order chi connectivity index (χ1) is 10.2. The van der Waals surface area contributed by atoms with E-state index in [2.05, 4.69) is 14.5 Å². The Morgan fingerprint density at radius 3 is 2.45 bits per heavy atom. The second-order valence-electron chi connectivity index (χ2n) is 3.96. The maximum atomic E-state index is 12.6. The van der Waals surface area contributed by atoms with E-state index in [9.17, 15) is 22.8 Å². The predicted octanol–water partition coefficient (Wildman–Crippen LogP) is 1.85. The number of hydrogen-bond acceptors (Lipinski definition) is 6. The molecule has 120 valence electrons. The Morgan fingerprint density at radius 2 is 1.95 bits per heavy atom. The molecular weight excluding hydrogens is 305 g/mol. The summed E-state index contributed by atoms with van der Waals surface area (Å²) in [4.78, 5) is 26.0. The molecule has 0 aliphatic rings. The van der Waals surface area contributed by atoms with Gasteiger partial charge in [-0.05, 0) is 19.1 Å². The van der Waals surface area contributed by atoms with Crippen LogP contribution in [0.2, 0.25) is 0 Å². The van der Waals surface area contributed by atoms with E-state index < -0.39 is 35.3 Å². The van der Waals surface area contributed by atoms with Crippen LogP contribution in [0.1, 0.15) is 25.2 Å². The summed E-state index contributed by atoms with van der Waals surface area (Å²) in [6.07, 6.45) is -4.68. The number of aromatic nitrogens is 1. The van der Waals surface area contributed by atoms with Gasteiger partial charge in [0.25, 0.3) is 0 Å². The zero-order valence-corrected chi connectivity index (χ0v) is 11.7. The molecule has 0 radical (unpaired) electrons. The fourth-order valence-corrected chi connectivity index (χ4v) is 1.41. The van der Waals surface area contributed by atoms with Crippen LogP contribution in [-0.2, 0) is 25.2 Å². The van der Waals surface area contributed by atoms with Crippen molar-refractivity contribution in [3.8, 4) is 0 Å². The van der Waals surface area contributed by atoms with Crippen LogP contribution >= 0.6 is 0 Å². The minimum atomic E-state index is -4.68. The average molecular weight is 318 g/mol. The van der Waals surface area contributed by atoms with Crippen molar-refractivity contribution in [3.63, 3.8) is 0 Å². The van der Waals surface area contributed by atoms with Crippen molar-refractivity contribution >= 4 is 17.6 Å². The van der Waals surface area contributed by atoms with E-state index in [1.54, 1.807) is 0 Å². The summed E-state index contributed by atoms with van der Waals surface area (Å²) in [6.45, 7) is 2.47. The van der Waals surface area contributed by atoms with Gasteiger partial charge in [0.1, 0.15) is 11.4 Å². The van der Waals surface area contributed by atoms with Gasteiger partial charge in [-0.15, -0.1) is 0 Å². The van der Waals surface area contributed by atoms with E-state index in [-0.39, 0.29) is 12.3 Å². The minimum absolute atomic E-state index is 0.0348. The summed E-state index contributed by atoms with van der Waals surface area (Å²) in [5.74, 6) is -2.66. The van der Waals surface area contributed by atoms with E-state index in [0.717, 1.165) is 25.1 Å². The Morgan fingerprint density at radius 1 is 1.32 bits per heavy atom. The monoisotopic (exact) mass is 318 g/mol. The lowest BCUT2D eigenvalue weighted by molar-refractivity contribution is -0.149. The van der Waals surface area contributed by atoms with E-state index in [4.69, 9.17) is 5.73 Å². The quantitative estimate of drug-likeness (QED) is 0.517. The number of carbonyl (C=O) groups is 2. The summed E-state index contributed by atoms with van der Waals surface area (Å²) in [7, 11) is 0. The Kier molecular flexibility index (Phi) is 5.50. The highest BCUT2D eigenvalue weighted by atomic mass is 19.4. The zero-order valence-electron chi connectivity index (χ0n) is 11.7. The topological polar surface area (TPSA) is 91.5 Å². The second kappa shape index (κ2) is 6.92. The van der Waals surface area contributed by atoms with Crippen molar-refractivity contribution in [2.45, 2.75) is 20.0 Å². The number of ether oxygens (including phenoxy) is 2. The molecule has 0 saturated carbocycles. The lowest BCUT2D eigenvalue weighted by Gasteiger charge is -2.11. The maximum Gasteiger partial charge on any atom is 0.433 e. The van der Waals surface area contributed by atoms with Gasteiger partial charge < -0.3 is 15.2 Å². The predicted molar refractivity (Wildman–Crippen MR) is 68.7 cm³/mol. The first kappa shape index (κ1) is 17.5. The lowest BCUT2D eigenvalue weighted by Crippen LogP contribution is -2.19. The third kappa shape index (κ3) is 4.47. The van der Waals surface area contributed by atoms with Gasteiger partial charge in [0, 0.05) is 6.92 Å². The lowest BCUT2D eigenvalue weighted by atomic mass is 10.2. The summed E-state index contributed by atoms with van der Waals surface area (Å²) < 4.78 is 47.1. The molecule has 1 heterocycles. The Bertz CT molecular complexity index is 612. The van der Waals surface area contributed by atoms with Crippen molar-refractivity contribution in [1.29, 1.82) is 0 Å². The van der Waals surface area contributed by atoms with Crippen molar-refractivity contribution in [2.75, 3.05) is 6.61 Å². The molecule has 0 aliphatic carbocycles. The van der Waals surface area contributed by atoms with Crippen LogP contribution in [0.15, 0.2) is 24.0 Å². The molecule has 0 unspecified atom stereocenters. The molecule has 1 aromatic rings. The Balaban J connectivity index is 3.34. The zero-order chi connectivity index (χ0) is 16.9. The van der Waals surface area contributed by atoms with Crippen LogP contribution < -0.4 is 5.73 Å². The van der Waals surface area contributed by atoms with Crippen LogP contribution in [0.4, 0.5) is 13.2 Å². The molecule has 0 saturated heterocycles. The normalized spacial score (nSPS) is 12.4. The molecule has 22 heavy (non-hydrogen) atoms. The minimum Gasteiger partial charge on any atom is -0.460 e. The maximum absolute atomic E-state index is 12.6. The van der Waals surface area contributed by atoms with E-state index in [0.29, 0.717) is 0 Å². The molecule has 9 heteroatoms. The second-order valence-corrected chi connectivity index (χ2v) is 3.96. The standard InChI is InChI=1S/C13H13F3N2O4/c1-3-21-12(20)11(22-7(2)19)10(17)8-5-4-6-9(18-8)13(14,15)16/h4-6H,3,17H2,1-2H3/b11-10+. The van der Waals surface area contributed by atoms with Gasteiger partial charge in [-0.3, -0.25) is 4.79 Å². The van der Waals surface area contributed by atoms with Crippen LogP contribution in [0.3, 0.4) is 0 Å². The number of nitrogens with two attached hydrogens (primary N) is 1. The molecule has 1 aromatic heterocycles. The van der Waals surface area contributed by atoms with Crippen molar-refractivity contribution in [1.82, 2.24) is 4.98 Å². The molecule has 0 fully saturated rings. The Hall–Kier alpha value is -2.58. The summed E-state index contributed by atoms with van der Waals surface area (Å²) in [5, 5.41) is 0. The first-order valence-electron chi connectivity index (χ1n) is 6.06. The van der Waals surface area contributed by atoms with Crippen LogP contribution in [0, 0.1) is 0 Å². The van der Waals surface area contributed by atoms with Crippen molar-refractivity contribution in [2.24, 2.45) is 5.73 Å². The number of alkyl halides is 3. The van der Waals surface area contributed by atoms with E-state index >= 15 is 0 Å². The highest BCUT2D eigenvalue weighted by Crippen LogP contribution is 2.28. The SMILES string of the molecule is CCOC(=O)/C(OC(C)=O)=C(\N)c1cccc(C(F)(F)F)n1. The molecule has 0 amide bonds. The van der Waals surface area contributed by atoms with Gasteiger partial charge in [0.05, 0.1) is 12.3 Å². The number of rotatable bonds is 4. The average Bonchev–Trinajstić information content (AvgIpc) is 2.43. The van der Waals surface area contributed by atoms with Gasteiger partial charge in [0.2, 0.25) is 5.76 Å². The van der Waals surface area contributed by atoms with Crippen LogP contribution in [0.25, 0.3) is 5.70 Å². The number of carbonyl (C=O) groups excluding carboxylic acids is 2. The van der Waals surface area contributed by atoms with Gasteiger partial charge in [-0.1, -0.05) is 6.07 Å². The smallest absolute Gasteiger partial charge is 0.433 e. The van der Waals surface area contributed by atoms with E-state index in [1.807, 2.05) is 0 Å². The first-order valence-corrected chi connectivity index (χ1v) is 6.06.